The maximum absolute atomic E-state index is 13.8. The molecule has 0 radical (unpaired) electrons. The Hall–Kier alpha value is -1.95. The van der Waals surface area contributed by atoms with Crippen LogP contribution in [0.2, 0.25) is 0 Å². The topological polar surface area (TPSA) is 98.2 Å². The Labute approximate surface area is 122 Å². The highest BCUT2D eigenvalue weighted by atomic mass is 19.1. The molecule has 0 aromatic heterocycles. The molecule has 1 aromatic rings. The predicted octanol–water partition coefficient (Wildman–Crippen LogP) is 1.06. The van der Waals surface area contributed by atoms with Gasteiger partial charge in [0.15, 0.2) is 0 Å². The molecule has 114 valence electrons. The van der Waals surface area contributed by atoms with E-state index in [0.29, 0.717) is 12.1 Å². The summed E-state index contributed by atoms with van der Waals surface area (Å²) in [7, 11) is 0. The maximum atomic E-state index is 13.8. The number of hydrogen-bond donors (Lipinski definition) is 3. The average molecular weight is 293 g/mol. The molecule has 1 fully saturated rings. The Balaban J connectivity index is 1.87. The molecule has 0 unspecified atom stereocenters. The van der Waals surface area contributed by atoms with Crippen molar-refractivity contribution in [3.8, 4) is 0 Å². The van der Waals surface area contributed by atoms with Crippen molar-refractivity contribution in [2.24, 2.45) is 17.4 Å². The second-order valence-corrected chi connectivity index (χ2v) is 5.50. The second-order valence-electron chi connectivity index (χ2n) is 5.50. The highest BCUT2D eigenvalue weighted by molar-refractivity contribution is 5.92. The Bertz CT molecular complexity index is 540. The molecule has 2 rings (SSSR count). The first-order valence-corrected chi connectivity index (χ1v) is 7.08. The largest absolute Gasteiger partial charge is 0.369 e. The van der Waals surface area contributed by atoms with Crippen molar-refractivity contribution < 1.29 is 14.0 Å². The zero-order valence-corrected chi connectivity index (χ0v) is 11.8. The first-order chi connectivity index (χ1) is 9.97. The SMILES string of the molecule is NC(=O)c1ccc(CNC2CCC(C(N)=O)CC2)c(F)c1. The molecular weight excluding hydrogens is 273 g/mol. The van der Waals surface area contributed by atoms with Gasteiger partial charge in [-0.2, -0.15) is 0 Å². The Morgan fingerprint density at radius 2 is 1.86 bits per heavy atom. The summed E-state index contributed by atoms with van der Waals surface area (Å²) >= 11 is 0. The molecule has 0 heterocycles. The molecule has 1 saturated carbocycles. The third kappa shape index (κ3) is 4.01. The van der Waals surface area contributed by atoms with Crippen LogP contribution in [-0.4, -0.2) is 17.9 Å². The molecule has 0 spiro atoms. The number of hydrogen-bond acceptors (Lipinski definition) is 3. The first kappa shape index (κ1) is 15.4. The van der Waals surface area contributed by atoms with Crippen molar-refractivity contribution in [3.63, 3.8) is 0 Å². The van der Waals surface area contributed by atoms with Gasteiger partial charge in [-0.25, -0.2) is 4.39 Å². The number of halogens is 1. The molecule has 6 heteroatoms. The van der Waals surface area contributed by atoms with E-state index in [1.54, 1.807) is 6.07 Å². The lowest BCUT2D eigenvalue weighted by atomic mass is 9.85. The number of carbonyl (C=O) groups is 2. The van der Waals surface area contributed by atoms with E-state index < -0.39 is 11.7 Å². The Morgan fingerprint density at radius 3 is 2.38 bits per heavy atom. The van der Waals surface area contributed by atoms with Crippen LogP contribution in [0.15, 0.2) is 18.2 Å². The van der Waals surface area contributed by atoms with E-state index in [-0.39, 0.29) is 23.4 Å². The van der Waals surface area contributed by atoms with Gasteiger partial charge in [0.2, 0.25) is 11.8 Å². The van der Waals surface area contributed by atoms with Crippen molar-refractivity contribution >= 4 is 11.8 Å². The van der Waals surface area contributed by atoms with Gasteiger partial charge in [-0.05, 0) is 37.8 Å². The van der Waals surface area contributed by atoms with Gasteiger partial charge in [0.1, 0.15) is 5.82 Å². The van der Waals surface area contributed by atoms with Gasteiger partial charge in [0, 0.05) is 29.6 Å². The number of primary amides is 2. The summed E-state index contributed by atoms with van der Waals surface area (Å²) in [5.74, 6) is -1.35. The number of nitrogens with one attached hydrogen (secondary N) is 1. The summed E-state index contributed by atoms with van der Waals surface area (Å²) in [5, 5.41) is 3.28. The molecule has 2 amide bonds. The van der Waals surface area contributed by atoms with Gasteiger partial charge < -0.3 is 16.8 Å². The van der Waals surface area contributed by atoms with Crippen molar-refractivity contribution in [2.45, 2.75) is 38.3 Å². The molecule has 0 saturated heterocycles. The molecule has 1 aliphatic rings. The standard InChI is InChI=1S/C15H20FN3O2/c16-13-7-10(15(18)21)1-2-11(13)8-19-12-5-3-9(4-6-12)14(17)20/h1-2,7,9,12,19H,3-6,8H2,(H2,17,20)(H2,18,21). The molecule has 0 bridgehead atoms. The highest BCUT2D eigenvalue weighted by Gasteiger charge is 2.24. The summed E-state index contributed by atoms with van der Waals surface area (Å²) in [6.07, 6.45) is 3.26. The fraction of sp³-hybridized carbons (Fsp3) is 0.467. The van der Waals surface area contributed by atoms with E-state index in [2.05, 4.69) is 5.32 Å². The molecule has 1 aliphatic carbocycles. The van der Waals surface area contributed by atoms with Crippen molar-refractivity contribution in [1.82, 2.24) is 5.32 Å². The lowest BCUT2D eigenvalue weighted by molar-refractivity contribution is -0.122. The lowest BCUT2D eigenvalue weighted by Gasteiger charge is -2.27. The quantitative estimate of drug-likeness (QED) is 0.757. The van der Waals surface area contributed by atoms with Crippen LogP contribution in [-0.2, 0) is 11.3 Å². The minimum atomic E-state index is -0.641. The van der Waals surface area contributed by atoms with Crippen molar-refractivity contribution in [3.05, 3.63) is 35.1 Å². The van der Waals surface area contributed by atoms with Gasteiger partial charge >= 0.3 is 0 Å². The zero-order valence-electron chi connectivity index (χ0n) is 11.8. The van der Waals surface area contributed by atoms with Crippen LogP contribution >= 0.6 is 0 Å². The third-order valence-electron chi connectivity index (χ3n) is 4.05. The lowest BCUT2D eigenvalue weighted by Crippen LogP contribution is -2.36. The summed E-state index contributed by atoms with van der Waals surface area (Å²) in [4.78, 5) is 22.0. The van der Waals surface area contributed by atoms with E-state index >= 15 is 0 Å². The summed E-state index contributed by atoms with van der Waals surface area (Å²) in [6, 6.07) is 4.50. The van der Waals surface area contributed by atoms with Gasteiger partial charge in [0.25, 0.3) is 0 Å². The van der Waals surface area contributed by atoms with Crippen molar-refractivity contribution in [2.75, 3.05) is 0 Å². The van der Waals surface area contributed by atoms with Crippen LogP contribution in [0, 0.1) is 11.7 Å². The minimum Gasteiger partial charge on any atom is -0.369 e. The van der Waals surface area contributed by atoms with E-state index in [1.165, 1.54) is 6.07 Å². The summed E-state index contributed by atoms with van der Waals surface area (Å²) in [6.45, 7) is 0.386. The smallest absolute Gasteiger partial charge is 0.248 e. The fourth-order valence-corrected chi connectivity index (χ4v) is 2.68. The summed E-state index contributed by atoms with van der Waals surface area (Å²) < 4.78 is 13.8. The van der Waals surface area contributed by atoms with Crippen LogP contribution in [0.25, 0.3) is 0 Å². The highest BCUT2D eigenvalue weighted by Crippen LogP contribution is 2.24. The number of benzene rings is 1. The molecule has 0 aliphatic heterocycles. The van der Waals surface area contributed by atoms with Gasteiger partial charge in [-0.1, -0.05) is 6.07 Å². The monoisotopic (exact) mass is 293 g/mol. The van der Waals surface area contributed by atoms with E-state index in [0.717, 1.165) is 31.7 Å². The fourth-order valence-electron chi connectivity index (χ4n) is 2.68. The average Bonchev–Trinajstić information content (AvgIpc) is 2.46. The first-order valence-electron chi connectivity index (χ1n) is 7.08. The van der Waals surface area contributed by atoms with E-state index in [9.17, 15) is 14.0 Å². The molecule has 0 atom stereocenters. The van der Waals surface area contributed by atoms with Crippen LogP contribution in [0.4, 0.5) is 4.39 Å². The van der Waals surface area contributed by atoms with Gasteiger partial charge in [0.05, 0.1) is 0 Å². The Kier molecular flexibility index (Phi) is 4.90. The normalized spacial score (nSPS) is 22.0. The Morgan fingerprint density at radius 1 is 1.19 bits per heavy atom. The molecule has 5 nitrogen and oxygen atoms in total. The molecule has 5 N–H and O–H groups in total. The van der Waals surface area contributed by atoms with E-state index in [1.807, 2.05) is 0 Å². The van der Waals surface area contributed by atoms with Crippen LogP contribution in [0.5, 0.6) is 0 Å². The number of amides is 2. The molecule has 1 aromatic carbocycles. The van der Waals surface area contributed by atoms with Gasteiger partial charge in [-0.3, -0.25) is 9.59 Å². The second kappa shape index (κ2) is 6.67. The predicted molar refractivity (Wildman–Crippen MR) is 76.7 cm³/mol. The zero-order chi connectivity index (χ0) is 15.4. The van der Waals surface area contributed by atoms with Crippen LogP contribution in [0.1, 0.15) is 41.6 Å². The number of nitrogens with two attached hydrogens (primary N) is 2. The number of carbonyl (C=O) groups excluding carboxylic acids is 2. The van der Waals surface area contributed by atoms with Crippen LogP contribution < -0.4 is 16.8 Å². The van der Waals surface area contributed by atoms with Gasteiger partial charge in [-0.15, -0.1) is 0 Å². The van der Waals surface area contributed by atoms with E-state index in [4.69, 9.17) is 11.5 Å². The van der Waals surface area contributed by atoms with Crippen molar-refractivity contribution in [1.29, 1.82) is 0 Å². The minimum absolute atomic E-state index is 0.0327. The molecular formula is C15H20FN3O2. The number of rotatable bonds is 5. The third-order valence-corrected chi connectivity index (χ3v) is 4.05. The summed E-state index contributed by atoms with van der Waals surface area (Å²) in [5.41, 5.74) is 11.1. The van der Waals surface area contributed by atoms with Crippen LogP contribution in [0.3, 0.4) is 0 Å². The molecule has 21 heavy (non-hydrogen) atoms. The maximum Gasteiger partial charge on any atom is 0.248 e.